The van der Waals surface area contributed by atoms with Crippen LogP contribution in [-0.4, -0.2) is 18.8 Å². The Hall–Kier alpha value is -0.510. The number of rotatable bonds is 5. The second-order valence-corrected chi connectivity index (χ2v) is 3.99. The van der Waals surface area contributed by atoms with Crippen LogP contribution in [0.4, 0.5) is 0 Å². The van der Waals surface area contributed by atoms with Crippen molar-refractivity contribution >= 4 is 11.8 Å². The van der Waals surface area contributed by atoms with Crippen molar-refractivity contribution in [2.45, 2.75) is 11.3 Å². The van der Waals surface area contributed by atoms with E-state index in [1.165, 1.54) is 10.5 Å². The predicted octanol–water partition coefficient (Wildman–Crippen LogP) is 1.24. The Morgan fingerprint density at radius 3 is 2.23 bits per heavy atom. The molecule has 0 radical (unpaired) electrons. The molecule has 2 nitrogen and oxygen atoms in total. The highest BCUT2D eigenvalue weighted by atomic mass is 32.2. The molecule has 0 heterocycles. The summed E-state index contributed by atoms with van der Waals surface area (Å²) in [7, 11) is 0. The van der Waals surface area contributed by atoms with E-state index in [1.54, 1.807) is 11.8 Å². The smallest absolute Gasteiger partial charge is 0.0103 e. The fraction of sp³-hybridized carbons (Fsp3) is 0.400. The van der Waals surface area contributed by atoms with Crippen molar-refractivity contribution in [3.05, 3.63) is 29.8 Å². The summed E-state index contributed by atoms with van der Waals surface area (Å²) in [6.45, 7) is 1.45. The second-order valence-electron chi connectivity index (χ2n) is 2.82. The van der Waals surface area contributed by atoms with Crippen LogP contribution < -0.4 is 11.5 Å². The molecule has 0 amide bonds. The van der Waals surface area contributed by atoms with Gasteiger partial charge in [-0.15, -0.1) is 11.8 Å². The van der Waals surface area contributed by atoms with Crippen molar-refractivity contribution in [1.82, 2.24) is 0 Å². The molecule has 1 aromatic carbocycles. The molecule has 0 aliphatic carbocycles. The summed E-state index contributed by atoms with van der Waals surface area (Å²) in [6.07, 6.45) is 0.960. The first-order chi connectivity index (χ1) is 6.36. The number of hydrogen-bond donors (Lipinski definition) is 2. The number of nitrogens with two attached hydrogens (primary N) is 2. The third kappa shape index (κ3) is 3.81. The highest BCUT2D eigenvalue weighted by Gasteiger charge is 1.93. The minimum absolute atomic E-state index is 0.718. The summed E-state index contributed by atoms with van der Waals surface area (Å²) in [5, 5.41) is 0. The lowest BCUT2D eigenvalue weighted by Gasteiger charge is -2.01. The molecule has 0 saturated carbocycles. The monoisotopic (exact) mass is 196 g/mol. The van der Waals surface area contributed by atoms with Crippen LogP contribution in [0.2, 0.25) is 0 Å². The molecular formula is C10H16N2S. The van der Waals surface area contributed by atoms with Crippen LogP contribution in [-0.2, 0) is 6.42 Å². The molecule has 13 heavy (non-hydrogen) atoms. The predicted molar refractivity (Wildman–Crippen MR) is 59.0 cm³/mol. The molecule has 3 heteroatoms. The Morgan fingerprint density at radius 2 is 1.69 bits per heavy atom. The molecule has 0 fully saturated rings. The molecule has 72 valence electrons. The van der Waals surface area contributed by atoms with Crippen molar-refractivity contribution in [2.24, 2.45) is 11.5 Å². The number of thioether (sulfide) groups is 1. The minimum atomic E-state index is 0.718. The molecule has 4 N–H and O–H groups in total. The van der Waals surface area contributed by atoms with Crippen molar-refractivity contribution in [3.8, 4) is 0 Å². The maximum Gasteiger partial charge on any atom is 0.0103 e. The molecule has 0 bridgehead atoms. The molecule has 0 aliphatic rings. The average Bonchev–Trinajstić information content (AvgIpc) is 2.17. The Labute approximate surface area is 83.7 Å². The molecule has 0 unspecified atom stereocenters. The van der Waals surface area contributed by atoms with Crippen LogP contribution in [0.3, 0.4) is 0 Å². The molecule has 0 spiro atoms. The SMILES string of the molecule is NCCSc1ccc(CCN)cc1. The lowest BCUT2D eigenvalue weighted by Crippen LogP contribution is -2.02. The first-order valence-corrected chi connectivity index (χ1v) is 5.47. The summed E-state index contributed by atoms with van der Waals surface area (Å²) >= 11 is 1.79. The summed E-state index contributed by atoms with van der Waals surface area (Å²) < 4.78 is 0. The van der Waals surface area contributed by atoms with Crippen LogP contribution in [0.15, 0.2) is 29.2 Å². The normalized spacial score (nSPS) is 10.3. The second kappa shape index (κ2) is 6.02. The van der Waals surface area contributed by atoms with Gasteiger partial charge in [0.1, 0.15) is 0 Å². The van der Waals surface area contributed by atoms with E-state index in [1.807, 2.05) is 0 Å². The van der Waals surface area contributed by atoms with Gasteiger partial charge in [-0.05, 0) is 30.7 Å². The van der Waals surface area contributed by atoms with Gasteiger partial charge in [0.15, 0.2) is 0 Å². The quantitative estimate of drug-likeness (QED) is 0.697. The van der Waals surface area contributed by atoms with Gasteiger partial charge in [-0.2, -0.15) is 0 Å². The number of hydrogen-bond acceptors (Lipinski definition) is 3. The molecule has 1 rings (SSSR count). The van der Waals surface area contributed by atoms with E-state index < -0.39 is 0 Å². The zero-order valence-corrected chi connectivity index (χ0v) is 8.52. The fourth-order valence-electron chi connectivity index (χ4n) is 1.10. The highest BCUT2D eigenvalue weighted by molar-refractivity contribution is 7.99. The maximum atomic E-state index is 5.46. The van der Waals surface area contributed by atoms with Crippen LogP contribution in [0.25, 0.3) is 0 Å². The summed E-state index contributed by atoms with van der Waals surface area (Å²) in [5.74, 6) is 0.982. The van der Waals surface area contributed by atoms with E-state index >= 15 is 0 Å². The van der Waals surface area contributed by atoms with Crippen LogP contribution in [0.1, 0.15) is 5.56 Å². The summed E-state index contributed by atoms with van der Waals surface area (Å²) in [5.41, 5.74) is 12.2. The van der Waals surface area contributed by atoms with Gasteiger partial charge < -0.3 is 11.5 Å². The van der Waals surface area contributed by atoms with Gasteiger partial charge in [-0.1, -0.05) is 12.1 Å². The van der Waals surface area contributed by atoms with Crippen molar-refractivity contribution in [1.29, 1.82) is 0 Å². The van der Waals surface area contributed by atoms with Gasteiger partial charge in [0.05, 0.1) is 0 Å². The van der Waals surface area contributed by atoms with Crippen molar-refractivity contribution in [2.75, 3.05) is 18.8 Å². The first-order valence-electron chi connectivity index (χ1n) is 4.48. The zero-order valence-electron chi connectivity index (χ0n) is 7.70. The Morgan fingerprint density at radius 1 is 1.00 bits per heavy atom. The molecule has 0 aliphatic heterocycles. The Kier molecular flexibility index (Phi) is 4.90. The third-order valence-electron chi connectivity index (χ3n) is 1.74. The lowest BCUT2D eigenvalue weighted by atomic mass is 10.2. The van der Waals surface area contributed by atoms with Crippen molar-refractivity contribution < 1.29 is 0 Å². The zero-order chi connectivity index (χ0) is 9.52. The van der Waals surface area contributed by atoms with Gasteiger partial charge >= 0.3 is 0 Å². The van der Waals surface area contributed by atoms with Crippen LogP contribution in [0.5, 0.6) is 0 Å². The standard InChI is InChI=1S/C10H16N2S/c11-6-5-9-1-3-10(4-2-9)13-8-7-12/h1-4H,5-8,11-12H2. The average molecular weight is 196 g/mol. The lowest BCUT2D eigenvalue weighted by molar-refractivity contribution is 0.966. The van der Waals surface area contributed by atoms with E-state index in [4.69, 9.17) is 11.5 Å². The Balaban J connectivity index is 2.48. The molecule has 1 aromatic rings. The van der Waals surface area contributed by atoms with E-state index in [9.17, 15) is 0 Å². The van der Waals surface area contributed by atoms with Crippen LogP contribution in [0, 0.1) is 0 Å². The number of benzene rings is 1. The molecular weight excluding hydrogens is 180 g/mol. The highest BCUT2D eigenvalue weighted by Crippen LogP contribution is 2.17. The molecule has 0 aromatic heterocycles. The topological polar surface area (TPSA) is 52.0 Å². The molecule has 0 saturated heterocycles. The van der Waals surface area contributed by atoms with Gasteiger partial charge in [0.25, 0.3) is 0 Å². The summed E-state index contributed by atoms with van der Waals surface area (Å²) in [4.78, 5) is 1.28. The van der Waals surface area contributed by atoms with Gasteiger partial charge in [0, 0.05) is 17.2 Å². The fourth-order valence-corrected chi connectivity index (χ4v) is 1.78. The molecule has 0 atom stereocenters. The first kappa shape index (κ1) is 10.6. The van der Waals surface area contributed by atoms with E-state index in [0.29, 0.717) is 0 Å². The van der Waals surface area contributed by atoms with Gasteiger partial charge in [-0.3, -0.25) is 0 Å². The van der Waals surface area contributed by atoms with E-state index in [0.717, 1.165) is 25.3 Å². The van der Waals surface area contributed by atoms with Gasteiger partial charge in [0.2, 0.25) is 0 Å². The van der Waals surface area contributed by atoms with Gasteiger partial charge in [-0.25, -0.2) is 0 Å². The minimum Gasteiger partial charge on any atom is -0.330 e. The Bertz CT molecular complexity index is 233. The van der Waals surface area contributed by atoms with E-state index in [-0.39, 0.29) is 0 Å². The summed E-state index contributed by atoms with van der Waals surface area (Å²) in [6, 6.07) is 8.52. The third-order valence-corrected chi connectivity index (χ3v) is 2.79. The van der Waals surface area contributed by atoms with Crippen LogP contribution >= 0.6 is 11.8 Å². The maximum absolute atomic E-state index is 5.46. The van der Waals surface area contributed by atoms with E-state index in [2.05, 4.69) is 24.3 Å². The largest absolute Gasteiger partial charge is 0.330 e. The van der Waals surface area contributed by atoms with Crippen molar-refractivity contribution in [3.63, 3.8) is 0 Å².